The van der Waals surface area contributed by atoms with E-state index in [-0.39, 0.29) is 11.8 Å². The Hall–Kier alpha value is -2.52. The fourth-order valence-electron chi connectivity index (χ4n) is 3.48. The zero-order chi connectivity index (χ0) is 17.8. The highest BCUT2D eigenvalue weighted by atomic mass is 32.2. The first-order valence-corrected chi connectivity index (χ1v) is 9.96. The first kappa shape index (κ1) is 16.9. The van der Waals surface area contributed by atoms with E-state index in [0.717, 1.165) is 35.5 Å². The summed E-state index contributed by atoms with van der Waals surface area (Å²) in [5, 5.41) is 0. The van der Waals surface area contributed by atoms with Gasteiger partial charge in [-0.1, -0.05) is 72.8 Å². The van der Waals surface area contributed by atoms with Crippen LogP contribution in [0.15, 0.2) is 89.8 Å². The number of fused-ring (bicyclic) bond motifs is 1. The van der Waals surface area contributed by atoms with Crippen molar-refractivity contribution in [2.24, 2.45) is 0 Å². The van der Waals surface area contributed by atoms with Crippen molar-refractivity contribution in [1.82, 2.24) is 0 Å². The average Bonchev–Trinajstić information content (AvgIpc) is 2.92. The topological polar surface area (TPSA) is 20.3 Å². The quantitative estimate of drug-likeness (QED) is 0.628. The molecule has 26 heavy (non-hydrogen) atoms. The van der Waals surface area contributed by atoms with Gasteiger partial charge in [0.05, 0.1) is 11.6 Å². The van der Waals surface area contributed by atoms with Gasteiger partial charge in [-0.15, -0.1) is 11.8 Å². The zero-order valence-corrected chi connectivity index (χ0v) is 15.4. The van der Waals surface area contributed by atoms with E-state index in [4.69, 9.17) is 0 Å². The van der Waals surface area contributed by atoms with Crippen LogP contribution < -0.4 is 4.90 Å². The maximum absolute atomic E-state index is 13.7. The maximum atomic E-state index is 13.7. The number of para-hydroxylation sites is 1. The fourth-order valence-corrected chi connectivity index (χ4v) is 4.48. The van der Waals surface area contributed by atoms with Gasteiger partial charge in [-0.2, -0.15) is 0 Å². The Labute approximate surface area is 158 Å². The fraction of sp³-hybridized carbons (Fsp3) is 0.174. The highest BCUT2D eigenvalue weighted by Crippen LogP contribution is 2.36. The van der Waals surface area contributed by atoms with Gasteiger partial charge in [-0.3, -0.25) is 4.79 Å². The third-order valence-corrected chi connectivity index (χ3v) is 5.87. The monoisotopic (exact) mass is 359 g/mol. The van der Waals surface area contributed by atoms with Crippen LogP contribution in [0.5, 0.6) is 0 Å². The molecule has 0 saturated heterocycles. The summed E-state index contributed by atoms with van der Waals surface area (Å²) in [6.07, 6.45) is 1.00. The Morgan fingerprint density at radius 1 is 0.808 bits per heavy atom. The summed E-state index contributed by atoms with van der Waals surface area (Å²) in [6, 6.07) is 28.5. The minimum atomic E-state index is -0.284. The lowest BCUT2D eigenvalue weighted by Gasteiger charge is -2.28. The zero-order valence-electron chi connectivity index (χ0n) is 14.5. The number of carbonyl (C=O) groups excluding carboxylic acids is 1. The van der Waals surface area contributed by atoms with Crippen LogP contribution in [0.2, 0.25) is 0 Å². The van der Waals surface area contributed by atoms with E-state index in [2.05, 4.69) is 12.1 Å². The van der Waals surface area contributed by atoms with Gasteiger partial charge in [-0.05, 0) is 35.4 Å². The summed E-state index contributed by atoms with van der Waals surface area (Å²) in [4.78, 5) is 16.9. The lowest BCUT2D eigenvalue weighted by atomic mass is 9.89. The van der Waals surface area contributed by atoms with Crippen molar-refractivity contribution in [2.75, 3.05) is 17.2 Å². The average molecular weight is 359 g/mol. The van der Waals surface area contributed by atoms with Crippen LogP contribution >= 0.6 is 11.8 Å². The molecular formula is C23H21NOS. The Balaban J connectivity index is 1.78. The van der Waals surface area contributed by atoms with Crippen LogP contribution in [0.1, 0.15) is 23.5 Å². The van der Waals surface area contributed by atoms with Crippen LogP contribution in [-0.2, 0) is 4.79 Å². The van der Waals surface area contributed by atoms with Crippen molar-refractivity contribution in [3.63, 3.8) is 0 Å². The Morgan fingerprint density at radius 3 is 2.04 bits per heavy atom. The van der Waals surface area contributed by atoms with Crippen LogP contribution in [0.25, 0.3) is 0 Å². The largest absolute Gasteiger partial charge is 0.310 e. The van der Waals surface area contributed by atoms with Crippen LogP contribution in [0.3, 0.4) is 0 Å². The Bertz CT molecular complexity index is 839. The van der Waals surface area contributed by atoms with E-state index in [1.807, 2.05) is 89.5 Å². The number of carbonyl (C=O) groups is 1. The summed E-state index contributed by atoms with van der Waals surface area (Å²) in [6.45, 7) is 0.763. The van der Waals surface area contributed by atoms with Gasteiger partial charge in [0, 0.05) is 11.4 Å². The molecule has 0 fully saturated rings. The third-order valence-electron chi connectivity index (χ3n) is 4.72. The lowest BCUT2D eigenvalue weighted by molar-refractivity contribution is -0.119. The van der Waals surface area contributed by atoms with Gasteiger partial charge in [0.15, 0.2) is 0 Å². The van der Waals surface area contributed by atoms with E-state index < -0.39 is 0 Å². The van der Waals surface area contributed by atoms with Crippen molar-refractivity contribution in [3.8, 4) is 0 Å². The molecule has 0 radical (unpaired) electrons. The van der Waals surface area contributed by atoms with E-state index in [1.165, 1.54) is 4.90 Å². The SMILES string of the molecule is O=C(C(c1ccccc1)c1ccccc1)N1CCCSc2ccccc21. The molecule has 3 heteroatoms. The molecule has 2 nitrogen and oxygen atoms in total. The predicted molar refractivity (Wildman–Crippen MR) is 109 cm³/mol. The molecule has 0 spiro atoms. The van der Waals surface area contributed by atoms with Gasteiger partial charge in [0.2, 0.25) is 5.91 Å². The molecule has 0 aliphatic carbocycles. The van der Waals surface area contributed by atoms with Crippen molar-refractivity contribution >= 4 is 23.4 Å². The summed E-state index contributed by atoms with van der Waals surface area (Å²) >= 11 is 1.84. The molecule has 3 aromatic carbocycles. The molecule has 4 rings (SSSR count). The van der Waals surface area contributed by atoms with Crippen LogP contribution in [0, 0.1) is 0 Å². The predicted octanol–water partition coefficient (Wildman–Crippen LogP) is 5.35. The lowest BCUT2D eigenvalue weighted by Crippen LogP contribution is -2.36. The molecule has 1 amide bonds. The van der Waals surface area contributed by atoms with E-state index in [1.54, 1.807) is 0 Å². The number of benzene rings is 3. The minimum Gasteiger partial charge on any atom is -0.310 e. The molecule has 1 aliphatic heterocycles. The van der Waals surface area contributed by atoms with Gasteiger partial charge >= 0.3 is 0 Å². The maximum Gasteiger partial charge on any atom is 0.239 e. The van der Waals surface area contributed by atoms with Gasteiger partial charge in [0.25, 0.3) is 0 Å². The standard InChI is InChI=1S/C23H21NOS/c25-23(24-16-9-17-26-21-15-8-7-14-20(21)24)22(18-10-3-1-4-11-18)19-12-5-2-6-13-19/h1-8,10-15,22H,9,16-17H2. The van der Waals surface area contributed by atoms with Gasteiger partial charge < -0.3 is 4.90 Å². The van der Waals surface area contributed by atoms with E-state index in [0.29, 0.717) is 0 Å². The summed E-state index contributed by atoms with van der Waals surface area (Å²) in [7, 11) is 0. The second-order valence-electron chi connectivity index (χ2n) is 6.41. The second-order valence-corrected chi connectivity index (χ2v) is 7.55. The Morgan fingerprint density at radius 2 is 1.38 bits per heavy atom. The van der Waals surface area contributed by atoms with Gasteiger partial charge in [-0.25, -0.2) is 0 Å². The smallest absolute Gasteiger partial charge is 0.239 e. The molecule has 130 valence electrons. The first-order valence-electron chi connectivity index (χ1n) is 8.98. The minimum absolute atomic E-state index is 0.150. The molecule has 0 saturated carbocycles. The van der Waals surface area contributed by atoms with Crippen molar-refractivity contribution < 1.29 is 4.79 Å². The normalized spacial score (nSPS) is 14.0. The molecule has 0 bridgehead atoms. The van der Waals surface area contributed by atoms with Crippen LogP contribution in [0.4, 0.5) is 5.69 Å². The van der Waals surface area contributed by atoms with E-state index >= 15 is 0 Å². The Kier molecular flexibility index (Phi) is 5.07. The molecule has 0 atom stereocenters. The molecule has 0 aromatic heterocycles. The number of nitrogens with zero attached hydrogens (tertiary/aromatic N) is 1. The number of anilines is 1. The molecule has 1 aliphatic rings. The number of hydrogen-bond acceptors (Lipinski definition) is 2. The molecule has 0 unspecified atom stereocenters. The molecule has 1 heterocycles. The summed E-state index contributed by atoms with van der Waals surface area (Å²) < 4.78 is 0. The number of rotatable bonds is 3. The number of thioether (sulfide) groups is 1. The molecule has 3 aromatic rings. The second kappa shape index (κ2) is 7.79. The highest BCUT2D eigenvalue weighted by Gasteiger charge is 2.30. The summed E-state index contributed by atoms with van der Waals surface area (Å²) in [5.74, 6) is 0.910. The van der Waals surface area contributed by atoms with Crippen LogP contribution in [-0.4, -0.2) is 18.2 Å². The first-order chi connectivity index (χ1) is 12.8. The third kappa shape index (κ3) is 3.40. The molecular weight excluding hydrogens is 338 g/mol. The van der Waals surface area contributed by atoms with Crippen molar-refractivity contribution in [1.29, 1.82) is 0 Å². The number of hydrogen-bond donors (Lipinski definition) is 0. The van der Waals surface area contributed by atoms with Crippen molar-refractivity contribution in [2.45, 2.75) is 17.2 Å². The van der Waals surface area contributed by atoms with E-state index in [9.17, 15) is 4.79 Å². The highest BCUT2D eigenvalue weighted by molar-refractivity contribution is 7.99. The van der Waals surface area contributed by atoms with Gasteiger partial charge in [0.1, 0.15) is 0 Å². The summed E-state index contributed by atoms with van der Waals surface area (Å²) in [5.41, 5.74) is 3.12. The molecule has 0 N–H and O–H groups in total. The van der Waals surface area contributed by atoms with Crippen molar-refractivity contribution in [3.05, 3.63) is 96.1 Å². The number of amides is 1.